The van der Waals surface area contributed by atoms with E-state index in [4.69, 9.17) is 4.74 Å². The van der Waals surface area contributed by atoms with Crippen molar-refractivity contribution >= 4 is 28.8 Å². The van der Waals surface area contributed by atoms with Crippen molar-refractivity contribution < 1.29 is 14.3 Å². The lowest BCUT2D eigenvalue weighted by Gasteiger charge is -2.55. The predicted octanol–water partition coefficient (Wildman–Crippen LogP) is 4.38. The molecule has 0 atom stereocenters. The molecule has 1 aromatic heterocycles. The maximum atomic E-state index is 13.0. The smallest absolute Gasteiger partial charge is 0.226 e. The molecule has 6 nitrogen and oxygen atoms in total. The molecule has 7 heteroatoms. The highest BCUT2D eigenvalue weighted by molar-refractivity contribution is 7.07. The van der Waals surface area contributed by atoms with Crippen LogP contribution in [0.4, 0.5) is 5.69 Å². The second-order valence-corrected chi connectivity index (χ2v) is 10.2. The summed E-state index contributed by atoms with van der Waals surface area (Å²) in [6, 6.07) is 7.39. The van der Waals surface area contributed by atoms with E-state index in [2.05, 4.69) is 15.6 Å². The summed E-state index contributed by atoms with van der Waals surface area (Å²) in [4.78, 5) is 29.7. The number of benzene rings is 1. The molecule has 4 saturated carbocycles. The average Bonchev–Trinajstić information content (AvgIpc) is 3.26. The normalized spacial score (nSPS) is 28.3. The third-order valence-corrected chi connectivity index (χ3v) is 7.81. The Kier molecular flexibility index (Phi) is 5.69. The minimum absolute atomic E-state index is 0.129. The van der Waals surface area contributed by atoms with Crippen molar-refractivity contribution in [3.63, 3.8) is 0 Å². The highest BCUT2D eigenvalue weighted by atomic mass is 32.1. The van der Waals surface area contributed by atoms with Gasteiger partial charge in [-0.2, -0.15) is 0 Å². The number of nitrogens with one attached hydrogen (secondary N) is 2. The summed E-state index contributed by atoms with van der Waals surface area (Å²) in [6.07, 6.45) is 7.33. The molecule has 0 saturated heterocycles. The van der Waals surface area contributed by atoms with Crippen molar-refractivity contribution in [3.8, 4) is 5.75 Å². The Morgan fingerprint density at radius 3 is 2.48 bits per heavy atom. The van der Waals surface area contributed by atoms with E-state index in [-0.39, 0.29) is 23.7 Å². The van der Waals surface area contributed by atoms with E-state index in [1.54, 1.807) is 5.51 Å². The van der Waals surface area contributed by atoms with Crippen LogP contribution in [-0.2, 0) is 16.2 Å². The van der Waals surface area contributed by atoms with Gasteiger partial charge >= 0.3 is 0 Å². The lowest BCUT2D eigenvalue weighted by Crippen LogP contribution is -2.53. The second-order valence-electron chi connectivity index (χ2n) is 9.52. The van der Waals surface area contributed by atoms with Crippen LogP contribution in [0.2, 0.25) is 0 Å². The largest absolute Gasteiger partial charge is 0.485 e. The van der Waals surface area contributed by atoms with E-state index in [0.29, 0.717) is 24.6 Å². The average molecular weight is 440 g/mol. The van der Waals surface area contributed by atoms with Crippen LogP contribution in [0, 0.1) is 23.2 Å². The summed E-state index contributed by atoms with van der Waals surface area (Å²) in [7, 11) is 0. The summed E-state index contributed by atoms with van der Waals surface area (Å²) in [5.74, 6) is 2.87. The third kappa shape index (κ3) is 4.47. The molecule has 2 aromatic rings. The molecule has 4 bridgehead atoms. The van der Waals surface area contributed by atoms with Crippen LogP contribution in [0.25, 0.3) is 0 Å². The molecule has 2 amide bonds. The van der Waals surface area contributed by atoms with E-state index in [9.17, 15) is 9.59 Å². The fourth-order valence-corrected chi connectivity index (χ4v) is 6.78. The number of carbonyl (C=O) groups is 2. The molecule has 2 N–H and O–H groups in total. The maximum Gasteiger partial charge on any atom is 0.226 e. The van der Waals surface area contributed by atoms with Gasteiger partial charge in [-0.3, -0.25) is 9.59 Å². The van der Waals surface area contributed by atoms with Crippen molar-refractivity contribution in [2.45, 2.75) is 51.6 Å². The quantitative estimate of drug-likeness (QED) is 0.640. The topological polar surface area (TPSA) is 80.3 Å². The zero-order chi connectivity index (χ0) is 21.3. The number of hydrogen-bond acceptors (Lipinski definition) is 5. The fraction of sp³-hybridized carbons (Fsp3) is 0.542. The number of anilines is 1. The first kappa shape index (κ1) is 20.5. The number of thiazole rings is 1. The Morgan fingerprint density at radius 1 is 1.10 bits per heavy atom. The number of rotatable bonds is 8. The predicted molar refractivity (Wildman–Crippen MR) is 120 cm³/mol. The number of hydrogen-bond donors (Lipinski definition) is 2. The molecule has 31 heavy (non-hydrogen) atoms. The first-order chi connectivity index (χ1) is 15.1. The lowest BCUT2D eigenvalue weighted by atomic mass is 9.49. The number of para-hydroxylation sites is 2. The van der Waals surface area contributed by atoms with Crippen molar-refractivity contribution in [1.82, 2.24) is 10.3 Å². The molecular formula is C24H29N3O3S. The van der Waals surface area contributed by atoms with Crippen LogP contribution in [0.3, 0.4) is 0 Å². The van der Waals surface area contributed by atoms with E-state index in [1.807, 2.05) is 29.6 Å². The maximum absolute atomic E-state index is 13.0. The van der Waals surface area contributed by atoms with Crippen LogP contribution in [0.5, 0.6) is 5.75 Å². The molecule has 0 radical (unpaired) electrons. The van der Waals surface area contributed by atoms with E-state index in [0.717, 1.165) is 42.7 Å². The van der Waals surface area contributed by atoms with Crippen molar-refractivity contribution in [2.75, 3.05) is 11.9 Å². The molecular weight excluding hydrogens is 410 g/mol. The van der Waals surface area contributed by atoms with E-state index < -0.39 is 0 Å². The van der Waals surface area contributed by atoms with Crippen LogP contribution < -0.4 is 15.4 Å². The molecule has 164 valence electrons. The Bertz CT molecular complexity index is 908. The van der Waals surface area contributed by atoms with Crippen LogP contribution in [0.15, 0.2) is 35.2 Å². The first-order valence-corrected chi connectivity index (χ1v) is 12.2. The highest BCUT2D eigenvalue weighted by Crippen LogP contribution is 2.60. The van der Waals surface area contributed by atoms with Crippen LogP contribution >= 0.6 is 11.3 Å². The number of nitrogens with zero attached hydrogens (tertiary/aromatic N) is 1. The molecule has 0 aliphatic heterocycles. The van der Waals surface area contributed by atoms with Gasteiger partial charge in [0.25, 0.3) is 0 Å². The molecule has 4 fully saturated rings. The summed E-state index contributed by atoms with van der Waals surface area (Å²) in [6.45, 7) is 0.728. The minimum atomic E-state index is -0.165. The van der Waals surface area contributed by atoms with Crippen LogP contribution in [-0.4, -0.2) is 23.3 Å². The Balaban J connectivity index is 1.11. The van der Waals surface area contributed by atoms with E-state index in [1.165, 1.54) is 30.6 Å². The first-order valence-electron chi connectivity index (χ1n) is 11.3. The number of carbonyl (C=O) groups excluding carboxylic acids is 2. The van der Waals surface area contributed by atoms with Gasteiger partial charge in [0.2, 0.25) is 11.8 Å². The Labute approximate surface area is 186 Å². The van der Waals surface area contributed by atoms with Crippen molar-refractivity contribution in [2.24, 2.45) is 23.2 Å². The number of ether oxygens (including phenoxy) is 1. The van der Waals surface area contributed by atoms with Crippen LogP contribution in [0.1, 0.15) is 50.6 Å². The summed E-state index contributed by atoms with van der Waals surface area (Å²) < 4.78 is 5.82. The molecule has 4 aliphatic rings. The number of aromatic nitrogens is 1. The van der Waals surface area contributed by atoms with Gasteiger partial charge in [-0.25, -0.2) is 4.98 Å². The number of amides is 2. The molecule has 0 spiro atoms. The van der Waals surface area contributed by atoms with Gasteiger partial charge in [-0.05, 0) is 68.4 Å². The SMILES string of the molecule is O=C(CCNC(=O)C12CC3CC(CC(C3)C1)C2)Nc1ccccc1OCc1cscn1. The zero-order valence-corrected chi connectivity index (χ0v) is 18.5. The monoisotopic (exact) mass is 439 g/mol. The van der Waals surface area contributed by atoms with Gasteiger partial charge in [-0.1, -0.05) is 12.1 Å². The van der Waals surface area contributed by atoms with Gasteiger partial charge in [0.05, 0.1) is 16.9 Å². The van der Waals surface area contributed by atoms with Gasteiger partial charge in [0.1, 0.15) is 12.4 Å². The van der Waals surface area contributed by atoms with Crippen molar-refractivity contribution in [1.29, 1.82) is 0 Å². The van der Waals surface area contributed by atoms with Gasteiger partial charge in [-0.15, -0.1) is 11.3 Å². The molecule has 0 unspecified atom stereocenters. The molecule has 6 rings (SSSR count). The lowest BCUT2D eigenvalue weighted by molar-refractivity contribution is -0.146. The summed E-state index contributed by atoms with van der Waals surface area (Å²) >= 11 is 1.52. The second kappa shape index (κ2) is 8.61. The van der Waals surface area contributed by atoms with Gasteiger partial charge in [0.15, 0.2) is 0 Å². The summed E-state index contributed by atoms with van der Waals surface area (Å²) in [5, 5.41) is 7.93. The highest BCUT2D eigenvalue weighted by Gasteiger charge is 2.54. The zero-order valence-electron chi connectivity index (χ0n) is 17.6. The molecule has 1 heterocycles. The Morgan fingerprint density at radius 2 is 1.81 bits per heavy atom. The molecule has 4 aliphatic carbocycles. The summed E-state index contributed by atoms with van der Waals surface area (Å²) in [5.41, 5.74) is 3.10. The standard InChI is InChI=1S/C24H29N3O3S/c28-22(27-20-3-1-2-4-21(20)30-13-19-14-31-15-26-19)5-6-25-23(29)24-10-16-7-17(11-24)9-18(8-16)12-24/h1-4,14-18H,5-13H2,(H,25,29)(H,27,28). The van der Waals surface area contributed by atoms with Gasteiger partial charge in [0, 0.05) is 23.8 Å². The van der Waals surface area contributed by atoms with Crippen molar-refractivity contribution in [3.05, 3.63) is 40.8 Å². The third-order valence-electron chi connectivity index (χ3n) is 7.18. The Hall–Kier alpha value is -2.41. The fourth-order valence-electron chi connectivity index (χ4n) is 6.23. The molecule has 1 aromatic carbocycles. The van der Waals surface area contributed by atoms with Gasteiger partial charge < -0.3 is 15.4 Å². The van der Waals surface area contributed by atoms with E-state index >= 15 is 0 Å². The minimum Gasteiger partial charge on any atom is -0.485 e.